The van der Waals surface area contributed by atoms with Crippen LogP contribution in [0.3, 0.4) is 0 Å². The van der Waals surface area contributed by atoms with E-state index in [1.807, 2.05) is 0 Å². The van der Waals surface area contributed by atoms with Crippen molar-refractivity contribution >= 4 is 17.8 Å². The number of pyridine rings is 1. The van der Waals surface area contributed by atoms with E-state index in [0.29, 0.717) is 18.8 Å². The van der Waals surface area contributed by atoms with Gasteiger partial charge in [-0.05, 0) is 25.1 Å². The van der Waals surface area contributed by atoms with Crippen LogP contribution in [0.25, 0.3) is 0 Å². The summed E-state index contributed by atoms with van der Waals surface area (Å²) < 4.78 is 20.7. The van der Waals surface area contributed by atoms with E-state index >= 15 is 0 Å². The molecule has 26 heavy (non-hydrogen) atoms. The van der Waals surface area contributed by atoms with E-state index < -0.39 is 11.9 Å². The first-order valence-electron chi connectivity index (χ1n) is 8.38. The largest absolute Gasteiger partial charge is 0.465 e. The third kappa shape index (κ3) is 4.20. The van der Waals surface area contributed by atoms with E-state index in [-0.39, 0.29) is 24.5 Å². The van der Waals surface area contributed by atoms with Crippen molar-refractivity contribution < 1.29 is 28.2 Å². The lowest BCUT2D eigenvalue weighted by Crippen LogP contribution is -2.36. The van der Waals surface area contributed by atoms with E-state index in [4.69, 9.17) is 18.6 Å². The average Bonchev–Trinajstić information content (AvgIpc) is 3.16. The molecule has 0 atom stereocenters. The minimum Gasteiger partial charge on any atom is -0.465 e. The molecule has 1 aliphatic heterocycles. The van der Waals surface area contributed by atoms with Crippen LogP contribution in [0.5, 0.6) is 0 Å². The summed E-state index contributed by atoms with van der Waals surface area (Å²) in [5, 5.41) is 0. The zero-order valence-electron chi connectivity index (χ0n) is 14.5. The standard InChI is InChI=1S/C18H20N2O6/c1-2-24-18(22)14-5-8-25-15(14)12-26-17(21)13-3-4-16(19-11-13)20-6-9-23-10-7-20/h3-5,8,11H,2,6-7,9-10,12H2,1H3. The number of anilines is 1. The molecule has 138 valence electrons. The van der Waals surface area contributed by atoms with Gasteiger partial charge < -0.3 is 23.5 Å². The van der Waals surface area contributed by atoms with Crippen molar-refractivity contribution in [1.29, 1.82) is 0 Å². The van der Waals surface area contributed by atoms with Gasteiger partial charge in [-0.3, -0.25) is 0 Å². The molecule has 3 heterocycles. The molecule has 0 bridgehead atoms. The lowest BCUT2D eigenvalue weighted by Gasteiger charge is -2.27. The Morgan fingerprint density at radius 1 is 1.15 bits per heavy atom. The van der Waals surface area contributed by atoms with Crippen molar-refractivity contribution in [3.8, 4) is 0 Å². The van der Waals surface area contributed by atoms with Crippen LogP contribution in [0.2, 0.25) is 0 Å². The number of carbonyl (C=O) groups excluding carboxylic acids is 2. The molecule has 1 aliphatic rings. The van der Waals surface area contributed by atoms with Gasteiger partial charge in [0.2, 0.25) is 0 Å². The number of furan rings is 1. The second-order valence-corrected chi connectivity index (χ2v) is 5.56. The summed E-state index contributed by atoms with van der Waals surface area (Å²) in [7, 11) is 0. The normalized spacial score (nSPS) is 14.1. The van der Waals surface area contributed by atoms with E-state index in [1.54, 1.807) is 19.1 Å². The van der Waals surface area contributed by atoms with Crippen LogP contribution >= 0.6 is 0 Å². The number of hydrogen-bond acceptors (Lipinski definition) is 8. The number of carbonyl (C=O) groups is 2. The monoisotopic (exact) mass is 360 g/mol. The molecule has 0 unspecified atom stereocenters. The highest BCUT2D eigenvalue weighted by molar-refractivity contribution is 5.91. The third-order valence-corrected chi connectivity index (χ3v) is 3.89. The van der Waals surface area contributed by atoms with Crippen LogP contribution < -0.4 is 4.90 Å². The van der Waals surface area contributed by atoms with Gasteiger partial charge in [0.15, 0.2) is 12.4 Å². The smallest absolute Gasteiger partial charge is 0.341 e. The minimum atomic E-state index is -0.544. The van der Waals surface area contributed by atoms with Crippen molar-refractivity contribution in [2.24, 2.45) is 0 Å². The van der Waals surface area contributed by atoms with Crippen LogP contribution in [0.1, 0.15) is 33.4 Å². The molecule has 0 aliphatic carbocycles. The lowest BCUT2D eigenvalue weighted by atomic mass is 10.2. The topological polar surface area (TPSA) is 91.1 Å². The Morgan fingerprint density at radius 3 is 2.65 bits per heavy atom. The Bertz CT molecular complexity index is 749. The Morgan fingerprint density at radius 2 is 1.96 bits per heavy atom. The fourth-order valence-corrected chi connectivity index (χ4v) is 2.54. The van der Waals surface area contributed by atoms with Gasteiger partial charge in [0.05, 0.1) is 31.6 Å². The fourth-order valence-electron chi connectivity index (χ4n) is 2.54. The first kappa shape index (κ1) is 17.9. The van der Waals surface area contributed by atoms with E-state index in [1.165, 1.54) is 18.5 Å². The number of ether oxygens (including phenoxy) is 3. The first-order valence-corrected chi connectivity index (χ1v) is 8.38. The SMILES string of the molecule is CCOC(=O)c1ccoc1COC(=O)c1ccc(N2CCOCC2)nc1. The lowest BCUT2D eigenvalue weighted by molar-refractivity contribution is 0.0422. The molecule has 0 spiro atoms. The molecule has 0 N–H and O–H groups in total. The number of esters is 2. The highest BCUT2D eigenvalue weighted by Crippen LogP contribution is 2.16. The molecule has 2 aromatic heterocycles. The summed E-state index contributed by atoms with van der Waals surface area (Å²) in [5.74, 6) is -0.0174. The molecule has 8 nitrogen and oxygen atoms in total. The van der Waals surface area contributed by atoms with Gasteiger partial charge in [-0.25, -0.2) is 14.6 Å². The average molecular weight is 360 g/mol. The predicted octanol–water partition coefficient (Wildman–Crippen LogP) is 2.04. The maximum Gasteiger partial charge on any atom is 0.341 e. The minimum absolute atomic E-state index is 0.162. The summed E-state index contributed by atoms with van der Waals surface area (Å²) in [6, 6.07) is 4.92. The summed E-state index contributed by atoms with van der Waals surface area (Å²) >= 11 is 0. The third-order valence-electron chi connectivity index (χ3n) is 3.89. The number of morpholine rings is 1. The summed E-state index contributed by atoms with van der Waals surface area (Å²) in [6.07, 6.45) is 2.83. The van der Waals surface area contributed by atoms with Crippen molar-refractivity contribution in [2.75, 3.05) is 37.8 Å². The van der Waals surface area contributed by atoms with Crippen LogP contribution in [-0.2, 0) is 20.8 Å². The summed E-state index contributed by atoms with van der Waals surface area (Å²) in [6.45, 7) is 4.67. The molecule has 0 saturated carbocycles. The van der Waals surface area contributed by atoms with Crippen LogP contribution in [0.4, 0.5) is 5.82 Å². The number of hydrogen-bond donors (Lipinski definition) is 0. The van der Waals surface area contributed by atoms with E-state index in [2.05, 4.69) is 9.88 Å². The number of aromatic nitrogens is 1. The van der Waals surface area contributed by atoms with Crippen molar-refractivity contribution in [3.63, 3.8) is 0 Å². The van der Waals surface area contributed by atoms with Gasteiger partial charge in [-0.1, -0.05) is 0 Å². The van der Waals surface area contributed by atoms with Gasteiger partial charge in [0.25, 0.3) is 0 Å². The quantitative estimate of drug-likeness (QED) is 0.723. The zero-order valence-corrected chi connectivity index (χ0v) is 14.5. The zero-order chi connectivity index (χ0) is 18.4. The van der Waals surface area contributed by atoms with Gasteiger partial charge >= 0.3 is 11.9 Å². The second kappa shape index (κ2) is 8.48. The van der Waals surface area contributed by atoms with Gasteiger partial charge in [0.1, 0.15) is 11.4 Å². The summed E-state index contributed by atoms with van der Waals surface area (Å²) in [5.41, 5.74) is 0.576. The first-order chi connectivity index (χ1) is 12.7. The number of rotatable bonds is 6. The molecule has 0 radical (unpaired) electrons. The van der Waals surface area contributed by atoms with E-state index in [0.717, 1.165) is 18.9 Å². The van der Waals surface area contributed by atoms with Gasteiger partial charge in [0, 0.05) is 19.3 Å². The molecular formula is C18H20N2O6. The maximum atomic E-state index is 12.2. The molecule has 3 rings (SSSR count). The van der Waals surface area contributed by atoms with Crippen molar-refractivity contribution in [3.05, 3.63) is 47.5 Å². The Hall–Kier alpha value is -2.87. The maximum absolute atomic E-state index is 12.2. The fraction of sp³-hybridized carbons (Fsp3) is 0.389. The van der Waals surface area contributed by atoms with Crippen LogP contribution in [0, 0.1) is 0 Å². The molecular weight excluding hydrogens is 340 g/mol. The Kier molecular flexibility index (Phi) is 5.85. The second-order valence-electron chi connectivity index (χ2n) is 5.56. The highest BCUT2D eigenvalue weighted by atomic mass is 16.5. The van der Waals surface area contributed by atoms with Gasteiger partial charge in [-0.15, -0.1) is 0 Å². The molecule has 0 amide bonds. The van der Waals surface area contributed by atoms with Crippen molar-refractivity contribution in [1.82, 2.24) is 4.98 Å². The van der Waals surface area contributed by atoms with Gasteiger partial charge in [-0.2, -0.15) is 0 Å². The van der Waals surface area contributed by atoms with E-state index in [9.17, 15) is 9.59 Å². The van der Waals surface area contributed by atoms with Crippen LogP contribution in [0.15, 0.2) is 35.1 Å². The Labute approximate surface area is 150 Å². The number of nitrogens with zero attached hydrogens (tertiary/aromatic N) is 2. The Balaban J connectivity index is 1.58. The van der Waals surface area contributed by atoms with Crippen molar-refractivity contribution in [2.45, 2.75) is 13.5 Å². The molecule has 1 saturated heterocycles. The molecule has 2 aromatic rings. The summed E-state index contributed by atoms with van der Waals surface area (Å²) in [4.78, 5) is 30.4. The van der Waals surface area contributed by atoms with Crippen LogP contribution in [-0.4, -0.2) is 49.8 Å². The predicted molar refractivity (Wildman–Crippen MR) is 91.1 cm³/mol. The molecule has 1 fully saturated rings. The molecule has 0 aromatic carbocycles. The highest BCUT2D eigenvalue weighted by Gasteiger charge is 2.18. The molecule has 8 heteroatoms.